The Hall–Kier alpha value is -3.80. The van der Waals surface area contributed by atoms with Gasteiger partial charge < -0.3 is 15.0 Å². The summed E-state index contributed by atoms with van der Waals surface area (Å²) >= 11 is 0. The third kappa shape index (κ3) is 2.43. The van der Waals surface area contributed by atoms with Crippen LogP contribution in [0.4, 0.5) is 11.4 Å². The SMILES string of the molecule is COc1ccc(CN2C(=O)c3ccccc3NC23C(=O)N(C)c2ccccc23)cc1. The number of amides is 2. The Morgan fingerprint density at radius 2 is 1.63 bits per heavy atom. The topological polar surface area (TPSA) is 61.9 Å². The molecule has 2 aliphatic rings. The maximum Gasteiger partial charge on any atom is 0.278 e. The second kappa shape index (κ2) is 6.62. The average molecular weight is 399 g/mol. The van der Waals surface area contributed by atoms with E-state index in [0.717, 1.165) is 22.6 Å². The highest BCUT2D eigenvalue weighted by Gasteiger charge is 2.58. The van der Waals surface area contributed by atoms with Crippen LogP contribution in [0.15, 0.2) is 72.8 Å². The molecule has 6 heteroatoms. The molecule has 150 valence electrons. The van der Waals surface area contributed by atoms with Gasteiger partial charge in [0.2, 0.25) is 5.66 Å². The summed E-state index contributed by atoms with van der Waals surface area (Å²) in [4.78, 5) is 30.6. The number of rotatable bonds is 3. The lowest BCUT2D eigenvalue weighted by atomic mass is 9.92. The fraction of sp³-hybridized carbons (Fsp3) is 0.167. The highest BCUT2D eigenvalue weighted by Crippen LogP contribution is 2.47. The predicted octanol–water partition coefficient (Wildman–Crippen LogP) is 3.59. The number of benzene rings is 3. The first kappa shape index (κ1) is 18.2. The summed E-state index contributed by atoms with van der Waals surface area (Å²) in [5.41, 5.74) is 2.39. The van der Waals surface area contributed by atoms with E-state index in [9.17, 15) is 9.59 Å². The summed E-state index contributed by atoms with van der Waals surface area (Å²) in [6.07, 6.45) is 0. The van der Waals surface area contributed by atoms with Gasteiger partial charge in [-0.1, -0.05) is 42.5 Å². The minimum absolute atomic E-state index is 0.180. The van der Waals surface area contributed by atoms with E-state index in [1.54, 1.807) is 30.0 Å². The van der Waals surface area contributed by atoms with Crippen molar-refractivity contribution in [2.75, 3.05) is 24.4 Å². The Morgan fingerprint density at radius 1 is 0.933 bits per heavy atom. The number of hydrogen-bond donors (Lipinski definition) is 1. The molecule has 3 aromatic rings. The largest absolute Gasteiger partial charge is 0.497 e. The number of carbonyl (C=O) groups is 2. The summed E-state index contributed by atoms with van der Waals surface area (Å²) in [5.74, 6) is 0.377. The van der Waals surface area contributed by atoms with Crippen LogP contribution >= 0.6 is 0 Å². The molecule has 0 fully saturated rings. The molecule has 5 rings (SSSR count). The lowest BCUT2D eigenvalue weighted by molar-refractivity contribution is -0.127. The number of fused-ring (bicyclic) bond motifs is 3. The fourth-order valence-corrected chi connectivity index (χ4v) is 4.36. The molecular formula is C24H21N3O3. The quantitative estimate of drug-likeness (QED) is 0.731. The standard InChI is InChI=1S/C24H21N3O3/c1-26-21-10-6-4-8-19(21)24(23(26)29)25-20-9-5-3-7-18(20)22(28)27(24)15-16-11-13-17(30-2)14-12-16/h3-14,25H,15H2,1-2H3. The van der Waals surface area contributed by atoms with Crippen molar-refractivity contribution < 1.29 is 14.3 Å². The summed E-state index contributed by atoms with van der Waals surface area (Å²) in [6.45, 7) is 0.276. The third-order valence-electron chi connectivity index (χ3n) is 5.89. The van der Waals surface area contributed by atoms with E-state index >= 15 is 0 Å². The van der Waals surface area contributed by atoms with Crippen LogP contribution in [0, 0.1) is 0 Å². The van der Waals surface area contributed by atoms with E-state index in [1.807, 2.05) is 66.7 Å². The van der Waals surface area contributed by atoms with Gasteiger partial charge in [-0.25, -0.2) is 0 Å². The summed E-state index contributed by atoms with van der Waals surface area (Å²) in [5, 5.41) is 3.42. The summed E-state index contributed by atoms with van der Waals surface area (Å²) in [7, 11) is 3.36. The minimum Gasteiger partial charge on any atom is -0.497 e. The molecule has 0 saturated heterocycles. The van der Waals surface area contributed by atoms with Crippen molar-refractivity contribution in [3.05, 3.63) is 89.5 Å². The molecule has 1 spiro atoms. The maximum absolute atomic E-state index is 13.7. The van der Waals surface area contributed by atoms with Crippen LogP contribution in [0.25, 0.3) is 0 Å². The first-order valence-electron chi connectivity index (χ1n) is 9.76. The van der Waals surface area contributed by atoms with Gasteiger partial charge in [-0.15, -0.1) is 0 Å². The molecule has 0 bridgehead atoms. The number of anilines is 2. The molecule has 1 N–H and O–H groups in total. The number of para-hydroxylation sites is 2. The zero-order valence-electron chi connectivity index (χ0n) is 16.8. The van der Waals surface area contributed by atoms with E-state index < -0.39 is 5.66 Å². The molecule has 2 aliphatic heterocycles. The van der Waals surface area contributed by atoms with E-state index in [1.165, 1.54) is 0 Å². The molecule has 6 nitrogen and oxygen atoms in total. The van der Waals surface area contributed by atoms with Gasteiger partial charge in [0.25, 0.3) is 11.8 Å². The van der Waals surface area contributed by atoms with Gasteiger partial charge in [0, 0.05) is 24.8 Å². The Balaban J connectivity index is 1.69. The van der Waals surface area contributed by atoms with Crippen molar-refractivity contribution >= 4 is 23.2 Å². The molecule has 2 heterocycles. The number of likely N-dealkylation sites (N-methyl/N-ethyl adjacent to an activating group) is 1. The molecule has 1 unspecified atom stereocenters. The van der Waals surface area contributed by atoms with Crippen LogP contribution in [-0.4, -0.2) is 30.9 Å². The number of carbonyl (C=O) groups excluding carboxylic acids is 2. The number of methoxy groups -OCH3 is 1. The van der Waals surface area contributed by atoms with Crippen molar-refractivity contribution in [2.45, 2.75) is 12.2 Å². The minimum atomic E-state index is -1.29. The summed E-state index contributed by atoms with van der Waals surface area (Å²) in [6, 6.07) is 22.5. The van der Waals surface area contributed by atoms with Gasteiger partial charge >= 0.3 is 0 Å². The number of hydrogen-bond acceptors (Lipinski definition) is 4. The molecule has 0 saturated carbocycles. The second-order valence-corrected chi connectivity index (χ2v) is 7.50. The molecule has 30 heavy (non-hydrogen) atoms. The van der Waals surface area contributed by atoms with E-state index in [-0.39, 0.29) is 18.4 Å². The molecule has 0 radical (unpaired) electrons. The number of nitrogens with one attached hydrogen (secondary N) is 1. The van der Waals surface area contributed by atoms with Crippen molar-refractivity contribution in [1.82, 2.24) is 4.90 Å². The van der Waals surface area contributed by atoms with Gasteiger partial charge in [0.1, 0.15) is 5.75 Å². The van der Waals surface area contributed by atoms with Crippen LogP contribution in [0.3, 0.4) is 0 Å². The van der Waals surface area contributed by atoms with Crippen LogP contribution in [0.5, 0.6) is 5.75 Å². The highest BCUT2D eigenvalue weighted by atomic mass is 16.5. The monoisotopic (exact) mass is 399 g/mol. The summed E-state index contributed by atoms with van der Waals surface area (Å²) < 4.78 is 5.24. The predicted molar refractivity (Wildman–Crippen MR) is 114 cm³/mol. The van der Waals surface area contributed by atoms with Crippen LogP contribution in [0.2, 0.25) is 0 Å². The van der Waals surface area contributed by atoms with Gasteiger partial charge in [-0.3, -0.25) is 14.5 Å². The third-order valence-corrected chi connectivity index (χ3v) is 5.89. The zero-order valence-corrected chi connectivity index (χ0v) is 16.8. The number of ether oxygens (including phenoxy) is 1. The average Bonchev–Trinajstić information content (AvgIpc) is 3.00. The van der Waals surface area contributed by atoms with Crippen molar-refractivity contribution in [3.8, 4) is 5.75 Å². The Morgan fingerprint density at radius 3 is 2.40 bits per heavy atom. The first-order chi connectivity index (χ1) is 14.6. The van der Waals surface area contributed by atoms with Gasteiger partial charge in [-0.2, -0.15) is 0 Å². The lowest BCUT2D eigenvalue weighted by Gasteiger charge is -2.45. The Labute approximate surface area is 174 Å². The Kier molecular flexibility index (Phi) is 4.03. The van der Waals surface area contributed by atoms with E-state index in [2.05, 4.69) is 5.32 Å². The molecule has 0 aliphatic carbocycles. The first-order valence-corrected chi connectivity index (χ1v) is 9.76. The fourth-order valence-electron chi connectivity index (χ4n) is 4.36. The molecule has 3 aromatic carbocycles. The van der Waals surface area contributed by atoms with Crippen molar-refractivity contribution in [2.24, 2.45) is 0 Å². The van der Waals surface area contributed by atoms with Crippen LogP contribution in [-0.2, 0) is 17.0 Å². The number of nitrogens with zero attached hydrogens (tertiary/aromatic N) is 2. The van der Waals surface area contributed by atoms with E-state index in [0.29, 0.717) is 11.3 Å². The van der Waals surface area contributed by atoms with E-state index in [4.69, 9.17) is 4.74 Å². The normalized spacial score (nSPS) is 19.5. The maximum atomic E-state index is 13.7. The second-order valence-electron chi connectivity index (χ2n) is 7.50. The van der Waals surface area contributed by atoms with Crippen LogP contribution < -0.4 is 15.0 Å². The van der Waals surface area contributed by atoms with Crippen molar-refractivity contribution in [3.63, 3.8) is 0 Å². The van der Waals surface area contributed by atoms with Gasteiger partial charge in [0.05, 0.1) is 18.4 Å². The molecule has 0 aromatic heterocycles. The molecule has 2 amide bonds. The van der Waals surface area contributed by atoms with Crippen molar-refractivity contribution in [1.29, 1.82) is 0 Å². The smallest absolute Gasteiger partial charge is 0.278 e. The molecule has 1 atom stereocenters. The van der Waals surface area contributed by atoms with Gasteiger partial charge in [0.15, 0.2) is 0 Å². The lowest BCUT2D eigenvalue weighted by Crippen LogP contribution is -2.61. The van der Waals surface area contributed by atoms with Gasteiger partial charge in [-0.05, 0) is 35.9 Å². The van der Waals surface area contributed by atoms with Crippen LogP contribution in [0.1, 0.15) is 21.5 Å². The Bertz CT molecular complexity index is 1160. The highest BCUT2D eigenvalue weighted by molar-refractivity contribution is 6.15. The zero-order chi connectivity index (χ0) is 20.9. The molecular weight excluding hydrogens is 378 g/mol.